The summed E-state index contributed by atoms with van der Waals surface area (Å²) in [6, 6.07) is 23.8. The van der Waals surface area contributed by atoms with Crippen LogP contribution in [0.2, 0.25) is 0 Å². The first-order chi connectivity index (χ1) is 17.5. The zero-order chi connectivity index (χ0) is 24.8. The van der Waals surface area contributed by atoms with Crippen molar-refractivity contribution in [3.63, 3.8) is 0 Å². The van der Waals surface area contributed by atoms with Gasteiger partial charge in [-0.15, -0.1) is 0 Å². The lowest BCUT2D eigenvalue weighted by molar-refractivity contribution is 0.0164. The summed E-state index contributed by atoms with van der Waals surface area (Å²) in [4.78, 5) is 30.6. The zero-order valence-corrected chi connectivity index (χ0v) is 19.5. The molecule has 1 aliphatic heterocycles. The number of anilines is 1. The van der Waals surface area contributed by atoms with Gasteiger partial charge in [-0.3, -0.25) is 5.43 Å². The number of hydrazine groups is 1. The minimum atomic E-state index is -0.883. The molecule has 0 aliphatic carbocycles. The molecule has 0 fully saturated rings. The van der Waals surface area contributed by atoms with Crippen LogP contribution in [0.4, 0.5) is 5.69 Å². The molecular formula is C28H21N3O5. The van der Waals surface area contributed by atoms with E-state index in [4.69, 9.17) is 13.7 Å². The Balaban J connectivity index is 1.47. The normalized spacial score (nSPS) is 15.2. The van der Waals surface area contributed by atoms with Gasteiger partial charge >= 0.3 is 11.3 Å². The molecular weight excluding hydrogens is 458 g/mol. The van der Waals surface area contributed by atoms with Gasteiger partial charge in [-0.05, 0) is 49.2 Å². The van der Waals surface area contributed by atoms with Crippen molar-refractivity contribution in [2.45, 2.75) is 20.1 Å². The second-order valence-electron chi connectivity index (χ2n) is 8.66. The quantitative estimate of drug-likeness (QED) is 0.352. The van der Waals surface area contributed by atoms with Crippen LogP contribution in [-0.2, 0) is 4.84 Å². The second-order valence-corrected chi connectivity index (χ2v) is 8.66. The Hall–Kier alpha value is -4.85. The van der Waals surface area contributed by atoms with Crippen LogP contribution in [0.1, 0.15) is 28.5 Å². The van der Waals surface area contributed by atoms with Gasteiger partial charge in [0, 0.05) is 22.4 Å². The molecule has 8 heteroatoms. The highest BCUT2D eigenvalue weighted by Crippen LogP contribution is 2.33. The van der Waals surface area contributed by atoms with Crippen LogP contribution < -0.4 is 16.7 Å². The third-order valence-electron chi connectivity index (χ3n) is 6.21. The topological polar surface area (TPSA) is 97.3 Å². The average molecular weight is 479 g/mol. The van der Waals surface area contributed by atoms with E-state index in [1.807, 2.05) is 74.5 Å². The molecule has 6 rings (SSSR count). The summed E-state index contributed by atoms with van der Waals surface area (Å²) in [7, 11) is 0. The summed E-state index contributed by atoms with van der Waals surface area (Å²) in [5.41, 5.74) is 6.96. The van der Waals surface area contributed by atoms with Crippen LogP contribution in [0.3, 0.4) is 0 Å². The first kappa shape index (κ1) is 21.7. The fourth-order valence-electron chi connectivity index (χ4n) is 4.36. The Morgan fingerprint density at radius 1 is 0.833 bits per heavy atom. The number of oxime groups is 1. The third-order valence-corrected chi connectivity index (χ3v) is 6.21. The standard InChI is InChI=1S/C28H21N3O5/c1-16-13-25(32)34-24-12-17(2)22(15-20(16)24)29-31-26(18-8-4-3-5-9-18)30-36-27(31)21-14-19-10-6-7-11-23(19)35-28(21)33/h3-15,27,29H,1-2H3. The molecule has 0 bridgehead atoms. The Bertz CT molecular complexity index is 1770. The molecule has 0 amide bonds. The molecule has 0 saturated heterocycles. The van der Waals surface area contributed by atoms with Crippen molar-refractivity contribution in [3.8, 4) is 0 Å². The smallest absolute Gasteiger partial charge is 0.345 e. The minimum absolute atomic E-state index is 0.302. The molecule has 0 spiro atoms. The lowest BCUT2D eigenvalue weighted by Crippen LogP contribution is -2.38. The van der Waals surface area contributed by atoms with Gasteiger partial charge in [-0.25, -0.2) is 14.6 Å². The number of nitrogens with one attached hydrogen (secondary N) is 1. The number of hydrogen-bond acceptors (Lipinski definition) is 8. The van der Waals surface area contributed by atoms with Gasteiger partial charge in [0.05, 0.1) is 5.69 Å². The molecule has 1 aliphatic rings. The molecule has 1 atom stereocenters. The van der Waals surface area contributed by atoms with Crippen molar-refractivity contribution < 1.29 is 13.7 Å². The van der Waals surface area contributed by atoms with E-state index in [0.717, 1.165) is 33.2 Å². The molecule has 8 nitrogen and oxygen atoms in total. The second kappa shape index (κ2) is 8.42. The van der Waals surface area contributed by atoms with Crippen molar-refractivity contribution in [3.05, 3.63) is 122 Å². The van der Waals surface area contributed by atoms with Crippen LogP contribution in [0.25, 0.3) is 21.9 Å². The van der Waals surface area contributed by atoms with Gasteiger partial charge in [0.2, 0.25) is 0 Å². The summed E-state index contributed by atoms with van der Waals surface area (Å²) >= 11 is 0. The first-order valence-corrected chi connectivity index (χ1v) is 11.4. The van der Waals surface area contributed by atoms with Gasteiger partial charge < -0.3 is 13.7 Å². The molecule has 2 aromatic heterocycles. The highest BCUT2D eigenvalue weighted by atomic mass is 16.7. The van der Waals surface area contributed by atoms with E-state index >= 15 is 0 Å². The maximum atomic E-state index is 13.0. The predicted octanol–water partition coefficient (Wildman–Crippen LogP) is 5.24. The van der Waals surface area contributed by atoms with Crippen molar-refractivity contribution in [2.75, 3.05) is 5.43 Å². The predicted molar refractivity (Wildman–Crippen MR) is 137 cm³/mol. The molecule has 1 N–H and O–H groups in total. The highest BCUT2D eigenvalue weighted by molar-refractivity contribution is 6.00. The number of benzene rings is 3. The molecule has 0 saturated carbocycles. The van der Waals surface area contributed by atoms with Gasteiger partial charge in [-0.2, -0.15) is 0 Å². The Morgan fingerprint density at radius 3 is 2.44 bits per heavy atom. The monoisotopic (exact) mass is 479 g/mol. The molecule has 36 heavy (non-hydrogen) atoms. The lowest BCUT2D eigenvalue weighted by Gasteiger charge is -2.27. The number of fused-ring (bicyclic) bond motifs is 2. The van der Waals surface area contributed by atoms with E-state index in [2.05, 4.69) is 10.6 Å². The zero-order valence-electron chi connectivity index (χ0n) is 19.5. The maximum Gasteiger partial charge on any atom is 0.345 e. The van der Waals surface area contributed by atoms with Crippen LogP contribution >= 0.6 is 0 Å². The van der Waals surface area contributed by atoms with E-state index in [1.54, 1.807) is 17.1 Å². The number of aryl methyl sites for hydroxylation is 2. The minimum Gasteiger partial charge on any atom is -0.423 e. The highest BCUT2D eigenvalue weighted by Gasteiger charge is 2.36. The van der Waals surface area contributed by atoms with Crippen molar-refractivity contribution >= 4 is 33.5 Å². The molecule has 178 valence electrons. The van der Waals surface area contributed by atoms with Crippen LogP contribution in [0, 0.1) is 13.8 Å². The number of amidine groups is 1. The SMILES string of the molecule is Cc1cc2oc(=O)cc(C)c2cc1NN1C(c2ccccc2)=NOC1c1cc2ccccc2oc1=O. The van der Waals surface area contributed by atoms with Crippen molar-refractivity contribution in [1.29, 1.82) is 0 Å². The van der Waals surface area contributed by atoms with Crippen molar-refractivity contribution in [2.24, 2.45) is 5.16 Å². The summed E-state index contributed by atoms with van der Waals surface area (Å²) in [6.07, 6.45) is -0.883. The maximum absolute atomic E-state index is 13.0. The molecule has 3 heterocycles. The van der Waals surface area contributed by atoms with Crippen molar-refractivity contribution in [1.82, 2.24) is 5.01 Å². The van der Waals surface area contributed by atoms with Gasteiger partial charge in [0.15, 0.2) is 5.84 Å². The van der Waals surface area contributed by atoms with Gasteiger partial charge in [0.1, 0.15) is 16.7 Å². The number of hydrogen-bond donors (Lipinski definition) is 1. The van der Waals surface area contributed by atoms with Gasteiger partial charge in [0.25, 0.3) is 6.23 Å². The molecule has 1 unspecified atom stereocenters. The lowest BCUT2D eigenvalue weighted by atomic mass is 10.1. The molecule has 5 aromatic rings. The van der Waals surface area contributed by atoms with E-state index in [0.29, 0.717) is 22.6 Å². The summed E-state index contributed by atoms with van der Waals surface area (Å²) in [5.74, 6) is 0.504. The molecule has 3 aromatic carbocycles. The summed E-state index contributed by atoms with van der Waals surface area (Å²) in [6.45, 7) is 3.76. The van der Waals surface area contributed by atoms with Crippen LogP contribution in [0.5, 0.6) is 0 Å². The summed E-state index contributed by atoms with van der Waals surface area (Å²) in [5, 5.41) is 7.60. The Labute approximate surface area is 205 Å². The van der Waals surface area contributed by atoms with Crippen LogP contribution in [0.15, 0.2) is 102 Å². The number of rotatable bonds is 4. The Kier molecular flexibility index (Phi) is 5.07. The number of nitrogens with zero attached hydrogens (tertiary/aromatic N) is 2. The Morgan fingerprint density at radius 2 is 1.61 bits per heavy atom. The fourth-order valence-corrected chi connectivity index (χ4v) is 4.36. The third kappa shape index (κ3) is 3.69. The van der Waals surface area contributed by atoms with E-state index in [9.17, 15) is 9.59 Å². The number of para-hydroxylation sites is 1. The summed E-state index contributed by atoms with van der Waals surface area (Å²) < 4.78 is 11.0. The van der Waals surface area contributed by atoms with Crippen LogP contribution in [-0.4, -0.2) is 10.8 Å². The van der Waals surface area contributed by atoms with E-state index in [-0.39, 0.29) is 0 Å². The fraction of sp³-hybridized carbons (Fsp3) is 0.107. The first-order valence-electron chi connectivity index (χ1n) is 11.4. The average Bonchev–Trinajstić information content (AvgIpc) is 3.28. The van der Waals surface area contributed by atoms with E-state index in [1.165, 1.54) is 6.07 Å². The van der Waals surface area contributed by atoms with E-state index < -0.39 is 17.5 Å². The molecule has 0 radical (unpaired) electrons. The van der Waals surface area contributed by atoms with Gasteiger partial charge in [-0.1, -0.05) is 53.7 Å². The largest absolute Gasteiger partial charge is 0.423 e.